The number of pyridine rings is 1. The molecule has 0 bridgehead atoms. The number of halogens is 2. The number of benzene rings is 1. The van der Waals surface area contributed by atoms with Gasteiger partial charge in [-0.1, -0.05) is 6.07 Å². The minimum atomic E-state index is -0.243. The summed E-state index contributed by atoms with van der Waals surface area (Å²) in [6.07, 6.45) is 1.75. The smallest absolute Gasteiger partial charge is 0.137 e. The molecule has 0 spiro atoms. The van der Waals surface area contributed by atoms with E-state index in [1.54, 1.807) is 12.3 Å². The van der Waals surface area contributed by atoms with Gasteiger partial charge in [0.2, 0.25) is 0 Å². The van der Waals surface area contributed by atoms with Crippen molar-refractivity contribution in [2.24, 2.45) is 0 Å². The van der Waals surface area contributed by atoms with Gasteiger partial charge in [-0.2, -0.15) is 0 Å². The summed E-state index contributed by atoms with van der Waals surface area (Å²) in [7, 11) is 0. The van der Waals surface area contributed by atoms with Crippen LogP contribution in [0.1, 0.15) is 11.3 Å². The van der Waals surface area contributed by atoms with Crippen LogP contribution in [0.15, 0.2) is 41.0 Å². The number of hydrogen-bond donors (Lipinski definition) is 1. The zero-order valence-electron chi connectivity index (χ0n) is 9.37. The number of aryl methyl sites for hydroxylation is 1. The van der Waals surface area contributed by atoms with Gasteiger partial charge < -0.3 is 5.32 Å². The highest BCUT2D eigenvalue weighted by molar-refractivity contribution is 9.10. The van der Waals surface area contributed by atoms with Gasteiger partial charge in [0.05, 0.1) is 15.9 Å². The van der Waals surface area contributed by atoms with Gasteiger partial charge in [0.1, 0.15) is 5.82 Å². The maximum Gasteiger partial charge on any atom is 0.137 e. The molecule has 4 heteroatoms. The molecule has 0 saturated heterocycles. The van der Waals surface area contributed by atoms with E-state index in [1.807, 2.05) is 25.1 Å². The van der Waals surface area contributed by atoms with E-state index >= 15 is 0 Å². The SMILES string of the molecule is Cc1ncccc1NCc1ccc(Br)c(F)c1. The summed E-state index contributed by atoms with van der Waals surface area (Å²) in [5.41, 5.74) is 2.80. The molecule has 0 aliphatic rings. The molecule has 0 radical (unpaired) electrons. The molecule has 1 aromatic heterocycles. The largest absolute Gasteiger partial charge is 0.380 e. The zero-order chi connectivity index (χ0) is 12.3. The molecule has 1 aromatic carbocycles. The molecule has 0 saturated carbocycles. The lowest BCUT2D eigenvalue weighted by atomic mass is 10.2. The van der Waals surface area contributed by atoms with E-state index in [0.717, 1.165) is 16.9 Å². The van der Waals surface area contributed by atoms with Gasteiger partial charge in [-0.25, -0.2) is 4.39 Å². The molecule has 1 N–H and O–H groups in total. The molecule has 0 aliphatic heterocycles. The van der Waals surface area contributed by atoms with Gasteiger partial charge in [0, 0.05) is 12.7 Å². The van der Waals surface area contributed by atoms with Crippen LogP contribution in [-0.2, 0) is 6.54 Å². The van der Waals surface area contributed by atoms with Gasteiger partial charge in [0.15, 0.2) is 0 Å². The number of hydrogen-bond acceptors (Lipinski definition) is 2. The van der Waals surface area contributed by atoms with Crippen LogP contribution in [0.4, 0.5) is 10.1 Å². The molecule has 2 aromatic rings. The van der Waals surface area contributed by atoms with Crippen LogP contribution >= 0.6 is 15.9 Å². The van der Waals surface area contributed by atoms with Crippen molar-refractivity contribution in [3.05, 3.63) is 58.1 Å². The summed E-state index contributed by atoms with van der Waals surface area (Å²) < 4.78 is 13.8. The van der Waals surface area contributed by atoms with Crippen LogP contribution in [0.25, 0.3) is 0 Å². The predicted octanol–water partition coefficient (Wildman–Crippen LogP) is 3.90. The Morgan fingerprint density at radius 1 is 1.35 bits per heavy atom. The van der Waals surface area contributed by atoms with Crippen LogP contribution in [0, 0.1) is 12.7 Å². The first kappa shape index (κ1) is 12.0. The Bertz CT molecular complexity index is 529. The van der Waals surface area contributed by atoms with Gasteiger partial charge >= 0.3 is 0 Å². The van der Waals surface area contributed by atoms with Crippen LogP contribution in [0.5, 0.6) is 0 Å². The van der Waals surface area contributed by atoms with Crippen LogP contribution in [0.2, 0.25) is 0 Å². The highest BCUT2D eigenvalue weighted by Crippen LogP contribution is 2.18. The van der Waals surface area contributed by atoms with E-state index in [1.165, 1.54) is 6.07 Å². The molecule has 2 nitrogen and oxygen atoms in total. The zero-order valence-corrected chi connectivity index (χ0v) is 11.0. The second-order valence-corrected chi connectivity index (χ2v) is 4.59. The third-order valence-electron chi connectivity index (χ3n) is 2.47. The van der Waals surface area contributed by atoms with Crippen molar-refractivity contribution in [3.8, 4) is 0 Å². The third kappa shape index (κ3) is 3.03. The molecule has 17 heavy (non-hydrogen) atoms. The lowest BCUT2D eigenvalue weighted by Gasteiger charge is -2.08. The van der Waals surface area contributed by atoms with Crippen molar-refractivity contribution in [3.63, 3.8) is 0 Å². The van der Waals surface area contributed by atoms with E-state index < -0.39 is 0 Å². The first-order chi connectivity index (χ1) is 8.16. The minimum absolute atomic E-state index is 0.243. The van der Waals surface area contributed by atoms with Crippen molar-refractivity contribution in [2.45, 2.75) is 13.5 Å². The Morgan fingerprint density at radius 2 is 2.18 bits per heavy atom. The normalized spacial score (nSPS) is 10.3. The van der Waals surface area contributed by atoms with E-state index in [0.29, 0.717) is 11.0 Å². The van der Waals surface area contributed by atoms with Crippen molar-refractivity contribution in [2.75, 3.05) is 5.32 Å². The number of nitrogens with zero attached hydrogens (tertiary/aromatic N) is 1. The quantitative estimate of drug-likeness (QED) is 0.928. The Morgan fingerprint density at radius 3 is 2.88 bits per heavy atom. The maximum atomic E-state index is 13.3. The summed E-state index contributed by atoms with van der Waals surface area (Å²) >= 11 is 3.13. The fraction of sp³-hybridized carbons (Fsp3) is 0.154. The first-order valence-corrected chi connectivity index (χ1v) is 6.05. The van der Waals surface area contributed by atoms with E-state index in [2.05, 4.69) is 26.2 Å². The number of aromatic nitrogens is 1. The predicted molar refractivity (Wildman–Crippen MR) is 70.4 cm³/mol. The summed E-state index contributed by atoms with van der Waals surface area (Å²) in [4.78, 5) is 4.18. The Kier molecular flexibility index (Phi) is 3.74. The molecule has 0 aliphatic carbocycles. The average Bonchev–Trinajstić information content (AvgIpc) is 2.32. The van der Waals surface area contributed by atoms with Crippen LogP contribution < -0.4 is 5.32 Å². The number of rotatable bonds is 3. The van der Waals surface area contributed by atoms with Gasteiger partial charge in [-0.05, 0) is 52.7 Å². The van der Waals surface area contributed by atoms with E-state index in [-0.39, 0.29) is 5.82 Å². The van der Waals surface area contributed by atoms with Crippen molar-refractivity contribution in [1.29, 1.82) is 0 Å². The Labute approximate surface area is 108 Å². The lowest BCUT2D eigenvalue weighted by Crippen LogP contribution is -2.02. The first-order valence-electron chi connectivity index (χ1n) is 5.26. The molecule has 0 amide bonds. The average molecular weight is 295 g/mol. The Hall–Kier alpha value is -1.42. The van der Waals surface area contributed by atoms with E-state index in [9.17, 15) is 4.39 Å². The molecule has 0 atom stereocenters. The Balaban J connectivity index is 2.08. The van der Waals surface area contributed by atoms with Crippen molar-refractivity contribution >= 4 is 21.6 Å². The molecule has 2 rings (SSSR count). The molecule has 88 valence electrons. The minimum Gasteiger partial charge on any atom is -0.380 e. The highest BCUT2D eigenvalue weighted by atomic mass is 79.9. The summed E-state index contributed by atoms with van der Waals surface area (Å²) in [6, 6.07) is 8.94. The second-order valence-electron chi connectivity index (χ2n) is 3.74. The summed E-state index contributed by atoms with van der Waals surface area (Å²) in [6.45, 7) is 2.52. The molecule has 1 heterocycles. The monoisotopic (exact) mass is 294 g/mol. The van der Waals surface area contributed by atoms with Crippen molar-refractivity contribution in [1.82, 2.24) is 4.98 Å². The highest BCUT2D eigenvalue weighted by Gasteiger charge is 2.01. The van der Waals surface area contributed by atoms with Crippen LogP contribution in [-0.4, -0.2) is 4.98 Å². The molecule has 0 unspecified atom stereocenters. The fourth-order valence-corrected chi connectivity index (χ4v) is 1.76. The fourth-order valence-electron chi connectivity index (χ4n) is 1.52. The number of nitrogens with one attached hydrogen (secondary N) is 1. The summed E-state index contributed by atoms with van der Waals surface area (Å²) in [5.74, 6) is -0.243. The molecular weight excluding hydrogens is 283 g/mol. The summed E-state index contributed by atoms with van der Waals surface area (Å²) in [5, 5.41) is 3.23. The maximum absolute atomic E-state index is 13.3. The van der Waals surface area contributed by atoms with Crippen molar-refractivity contribution < 1.29 is 4.39 Å². The van der Waals surface area contributed by atoms with E-state index in [4.69, 9.17) is 0 Å². The second kappa shape index (κ2) is 5.27. The molecular formula is C13H12BrFN2. The third-order valence-corrected chi connectivity index (χ3v) is 3.12. The van der Waals surface area contributed by atoms with Gasteiger partial charge in [-0.15, -0.1) is 0 Å². The lowest BCUT2D eigenvalue weighted by molar-refractivity contribution is 0.619. The molecule has 0 fully saturated rings. The van der Waals surface area contributed by atoms with Crippen LogP contribution in [0.3, 0.4) is 0 Å². The number of anilines is 1. The van der Waals surface area contributed by atoms with Gasteiger partial charge in [-0.3, -0.25) is 4.98 Å². The standard InChI is InChI=1S/C13H12BrFN2/c1-9-13(3-2-6-16-9)17-8-10-4-5-11(14)12(15)7-10/h2-7,17H,8H2,1H3. The van der Waals surface area contributed by atoms with Gasteiger partial charge in [0.25, 0.3) is 0 Å². The topological polar surface area (TPSA) is 24.9 Å².